The summed E-state index contributed by atoms with van der Waals surface area (Å²) in [5.74, 6) is 0.229. The first kappa shape index (κ1) is 20.4. The molecule has 0 saturated carbocycles. The van der Waals surface area contributed by atoms with Crippen LogP contribution in [0.2, 0.25) is 0 Å². The number of esters is 1. The van der Waals surface area contributed by atoms with E-state index in [0.29, 0.717) is 22.6 Å². The van der Waals surface area contributed by atoms with Crippen LogP contribution in [0.25, 0.3) is 17.2 Å². The summed E-state index contributed by atoms with van der Waals surface area (Å²) in [5.41, 5.74) is 5.87. The monoisotopic (exact) mass is 414 g/mol. The van der Waals surface area contributed by atoms with E-state index in [1.165, 1.54) is 24.3 Å². The lowest BCUT2D eigenvalue weighted by molar-refractivity contribution is -0.136. The number of carbonyl (C=O) groups excluding carboxylic acids is 2. The maximum absolute atomic E-state index is 12.6. The number of rotatable bonds is 7. The molecule has 156 valence electrons. The highest BCUT2D eigenvalue weighted by atomic mass is 16.5. The van der Waals surface area contributed by atoms with Crippen LogP contribution < -0.4 is 9.47 Å². The Labute approximate surface area is 180 Å². The lowest BCUT2D eigenvalue weighted by Crippen LogP contribution is -2.12. The molecule has 0 unspecified atom stereocenters. The van der Waals surface area contributed by atoms with E-state index in [-0.39, 0.29) is 12.4 Å². The standard InChI is InChI=1S/C26H22O5/c1-29-24-9-5-7-17(26(24)30-2)12-13-25(28)31-16-23(27)20-11-10-19-14-18-6-3-4-8-21(18)22(19)15-20/h3-13,15H,14,16H2,1-2H3/b13-12+. The van der Waals surface area contributed by atoms with Gasteiger partial charge in [0.2, 0.25) is 0 Å². The summed E-state index contributed by atoms with van der Waals surface area (Å²) in [7, 11) is 3.07. The minimum Gasteiger partial charge on any atom is -0.493 e. The normalized spacial score (nSPS) is 11.7. The van der Waals surface area contributed by atoms with Crippen LogP contribution in [0.4, 0.5) is 0 Å². The van der Waals surface area contributed by atoms with Crippen molar-refractivity contribution in [3.8, 4) is 22.6 Å². The fourth-order valence-corrected chi connectivity index (χ4v) is 3.77. The van der Waals surface area contributed by atoms with Gasteiger partial charge in [0.25, 0.3) is 0 Å². The first-order valence-corrected chi connectivity index (χ1v) is 9.91. The lowest BCUT2D eigenvalue weighted by atomic mass is 10.0. The Morgan fingerprint density at radius 2 is 1.71 bits per heavy atom. The number of methoxy groups -OCH3 is 2. The van der Waals surface area contributed by atoms with E-state index >= 15 is 0 Å². The molecule has 5 nitrogen and oxygen atoms in total. The average Bonchev–Trinajstić information content (AvgIpc) is 3.18. The van der Waals surface area contributed by atoms with Crippen molar-refractivity contribution in [1.82, 2.24) is 0 Å². The third-order valence-corrected chi connectivity index (χ3v) is 5.30. The smallest absolute Gasteiger partial charge is 0.331 e. The third kappa shape index (κ3) is 4.21. The Morgan fingerprint density at radius 1 is 0.903 bits per heavy atom. The van der Waals surface area contributed by atoms with Crippen molar-refractivity contribution < 1.29 is 23.8 Å². The summed E-state index contributed by atoms with van der Waals surface area (Å²) < 4.78 is 15.7. The fourth-order valence-electron chi connectivity index (χ4n) is 3.77. The summed E-state index contributed by atoms with van der Waals surface area (Å²) in [6.07, 6.45) is 3.71. The maximum atomic E-state index is 12.6. The fraction of sp³-hybridized carbons (Fsp3) is 0.154. The van der Waals surface area contributed by atoms with E-state index < -0.39 is 5.97 Å². The van der Waals surface area contributed by atoms with E-state index in [4.69, 9.17) is 14.2 Å². The Bertz CT molecular complexity index is 1180. The van der Waals surface area contributed by atoms with Gasteiger partial charge < -0.3 is 14.2 Å². The molecule has 0 bridgehead atoms. The van der Waals surface area contributed by atoms with Crippen LogP contribution in [-0.2, 0) is 16.0 Å². The molecule has 1 aliphatic carbocycles. The van der Waals surface area contributed by atoms with Crippen molar-refractivity contribution in [2.75, 3.05) is 20.8 Å². The predicted octanol–water partition coefficient (Wildman–Crippen LogP) is 4.71. The summed E-state index contributed by atoms with van der Waals surface area (Å²) in [4.78, 5) is 24.7. The van der Waals surface area contributed by atoms with E-state index in [2.05, 4.69) is 12.1 Å². The Balaban J connectivity index is 1.41. The summed E-state index contributed by atoms with van der Waals surface area (Å²) in [6, 6.07) is 19.2. The third-order valence-electron chi connectivity index (χ3n) is 5.30. The minimum absolute atomic E-state index is 0.243. The molecule has 0 amide bonds. The SMILES string of the molecule is COc1cccc(/C=C/C(=O)OCC(=O)c2ccc3c(c2)-c2ccccc2C3)c1OC. The number of ether oxygens (including phenoxy) is 3. The Morgan fingerprint density at radius 3 is 2.52 bits per heavy atom. The highest BCUT2D eigenvalue weighted by Crippen LogP contribution is 2.37. The van der Waals surface area contributed by atoms with Gasteiger partial charge in [-0.1, -0.05) is 48.5 Å². The summed E-state index contributed by atoms with van der Waals surface area (Å²) >= 11 is 0. The van der Waals surface area contributed by atoms with E-state index in [1.807, 2.05) is 24.3 Å². The molecule has 3 aromatic rings. The minimum atomic E-state index is -0.607. The number of Topliss-reactive ketones (excluding diaryl/α,β-unsaturated/α-hetero) is 1. The van der Waals surface area contributed by atoms with Crippen LogP contribution in [0.1, 0.15) is 27.0 Å². The number of ketones is 1. The first-order chi connectivity index (χ1) is 15.1. The van der Waals surface area contributed by atoms with Crippen LogP contribution in [0.5, 0.6) is 11.5 Å². The maximum Gasteiger partial charge on any atom is 0.331 e. The molecule has 0 aliphatic heterocycles. The van der Waals surface area contributed by atoms with E-state index in [9.17, 15) is 9.59 Å². The van der Waals surface area contributed by atoms with Gasteiger partial charge in [-0.05, 0) is 46.9 Å². The zero-order valence-electron chi connectivity index (χ0n) is 17.4. The quantitative estimate of drug-likeness (QED) is 0.249. The van der Waals surface area contributed by atoms with E-state index in [1.54, 1.807) is 37.5 Å². The van der Waals surface area contributed by atoms with Gasteiger partial charge in [0.15, 0.2) is 23.9 Å². The van der Waals surface area contributed by atoms with Crippen molar-refractivity contribution >= 4 is 17.8 Å². The molecule has 0 atom stereocenters. The number of carbonyl (C=O) groups is 2. The predicted molar refractivity (Wildman–Crippen MR) is 119 cm³/mol. The van der Waals surface area contributed by atoms with Gasteiger partial charge in [-0.3, -0.25) is 4.79 Å². The highest BCUT2D eigenvalue weighted by Gasteiger charge is 2.19. The molecule has 0 spiro atoms. The van der Waals surface area contributed by atoms with Crippen molar-refractivity contribution in [2.45, 2.75) is 6.42 Å². The number of hydrogen-bond donors (Lipinski definition) is 0. The average molecular weight is 414 g/mol. The van der Waals surface area contributed by atoms with Crippen LogP contribution in [0.3, 0.4) is 0 Å². The molecule has 3 aromatic carbocycles. The van der Waals surface area contributed by atoms with Gasteiger partial charge in [0.1, 0.15) is 0 Å². The molecule has 0 aromatic heterocycles. The molecule has 0 fully saturated rings. The Hall–Kier alpha value is -3.86. The second kappa shape index (κ2) is 8.88. The van der Waals surface area contributed by atoms with Gasteiger partial charge in [-0.2, -0.15) is 0 Å². The van der Waals surface area contributed by atoms with Gasteiger partial charge in [-0.25, -0.2) is 4.79 Å². The lowest BCUT2D eigenvalue weighted by Gasteiger charge is -2.09. The van der Waals surface area contributed by atoms with Crippen molar-refractivity contribution in [2.24, 2.45) is 0 Å². The second-order valence-electron chi connectivity index (χ2n) is 7.15. The largest absolute Gasteiger partial charge is 0.493 e. The number of para-hydroxylation sites is 1. The topological polar surface area (TPSA) is 61.8 Å². The molecule has 4 rings (SSSR count). The van der Waals surface area contributed by atoms with Gasteiger partial charge >= 0.3 is 5.97 Å². The zero-order valence-corrected chi connectivity index (χ0v) is 17.4. The summed E-state index contributed by atoms with van der Waals surface area (Å²) in [5, 5.41) is 0. The van der Waals surface area contributed by atoms with Crippen molar-refractivity contribution in [3.05, 3.63) is 89.0 Å². The molecule has 0 heterocycles. The van der Waals surface area contributed by atoms with Crippen LogP contribution in [0.15, 0.2) is 66.7 Å². The molecule has 0 radical (unpaired) electrons. The van der Waals surface area contributed by atoms with Gasteiger partial charge in [0, 0.05) is 17.2 Å². The molecule has 5 heteroatoms. The van der Waals surface area contributed by atoms with Crippen LogP contribution in [-0.4, -0.2) is 32.6 Å². The highest BCUT2D eigenvalue weighted by molar-refractivity contribution is 6.00. The van der Waals surface area contributed by atoms with Crippen molar-refractivity contribution in [1.29, 1.82) is 0 Å². The zero-order chi connectivity index (χ0) is 21.8. The molecular weight excluding hydrogens is 392 g/mol. The van der Waals surface area contributed by atoms with Gasteiger partial charge in [-0.15, -0.1) is 0 Å². The molecule has 1 aliphatic rings. The number of fused-ring (bicyclic) bond motifs is 3. The Kier molecular flexibility index (Phi) is 5.85. The first-order valence-electron chi connectivity index (χ1n) is 9.91. The number of benzene rings is 3. The molecule has 0 saturated heterocycles. The number of hydrogen-bond acceptors (Lipinski definition) is 5. The van der Waals surface area contributed by atoms with E-state index in [0.717, 1.165) is 17.5 Å². The molecule has 31 heavy (non-hydrogen) atoms. The van der Waals surface area contributed by atoms with Gasteiger partial charge in [0.05, 0.1) is 14.2 Å². The van der Waals surface area contributed by atoms with Crippen LogP contribution in [0, 0.1) is 0 Å². The summed E-state index contributed by atoms with van der Waals surface area (Å²) in [6.45, 7) is -0.321. The molecular formula is C26H22O5. The molecule has 0 N–H and O–H groups in total. The van der Waals surface area contributed by atoms with Crippen molar-refractivity contribution in [3.63, 3.8) is 0 Å². The second-order valence-corrected chi connectivity index (χ2v) is 7.15. The van der Waals surface area contributed by atoms with Crippen LogP contribution >= 0.6 is 0 Å².